The Bertz CT molecular complexity index is 152. The summed E-state index contributed by atoms with van der Waals surface area (Å²) in [5, 5.41) is 9.00. The summed E-state index contributed by atoms with van der Waals surface area (Å²) in [6.45, 7) is 7.56. The summed E-state index contributed by atoms with van der Waals surface area (Å²) >= 11 is 0. The van der Waals surface area contributed by atoms with E-state index in [1.165, 1.54) is 0 Å². The van der Waals surface area contributed by atoms with E-state index in [4.69, 9.17) is 5.11 Å². The quantitative estimate of drug-likeness (QED) is 0.469. The molecule has 0 unspecified atom stereocenters. The molecule has 0 aliphatic carbocycles. The third-order valence-electron chi connectivity index (χ3n) is 0.940. The molecule has 0 aromatic rings. The van der Waals surface area contributed by atoms with Gasteiger partial charge in [-0.2, -0.15) is 0 Å². The van der Waals surface area contributed by atoms with Crippen molar-refractivity contribution in [1.29, 1.82) is 0 Å². The molecule has 0 amide bonds. The van der Waals surface area contributed by atoms with E-state index >= 15 is 0 Å². The highest BCUT2D eigenvalue weighted by Crippen LogP contribution is 1.97. The fourth-order valence-electron chi connectivity index (χ4n) is 0.467. The van der Waals surface area contributed by atoms with Gasteiger partial charge in [0.1, 0.15) is 5.76 Å². The number of hydrogen-bond donors (Lipinski definition) is 1. The van der Waals surface area contributed by atoms with Crippen LogP contribution in [0, 0.1) is 5.92 Å². The Hall–Kier alpha value is -0.980. The van der Waals surface area contributed by atoms with Gasteiger partial charge in [-0.05, 0) is 18.1 Å². The summed E-state index contributed by atoms with van der Waals surface area (Å²) in [6.07, 6.45) is 6.71. The number of hydrogen-bond acceptors (Lipinski definition) is 1. The van der Waals surface area contributed by atoms with Gasteiger partial charge in [0.15, 0.2) is 0 Å². The minimum atomic E-state index is 0.253. The molecule has 0 saturated heterocycles. The molecule has 0 fully saturated rings. The maximum Gasteiger partial charge on any atom is 0.115 e. The monoisotopic (exact) mass is 138 g/mol. The maximum atomic E-state index is 9.00. The van der Waals surface area contributed by atoms with Crippen LogP contribution in [-0.2, 0) is 0 Å². The summed E-state index contributed by atoms with van der Waals surface area (Å²) in [6, 6.07) is 0. The first-order chi connectivity index (χ1) is 4.66. The Labute approximate surface area is 62.4 Å². The zero-order valence-electron chi connectivity index (χ0n) is 6.54. The summed E-state index contributed by atoms with van der Waals surface area (Å²) in [4.78, 5) is 0. The van der Waals surface area contributed by atoms with Crippen LogP contribution in [-0.4, -0.2) is 5.11 Å². The van der Waals surface area contributed by atoms with Crippen LogP contribution in [0.2, 0.25) is 0 Å². The van der Waals surface area contributed by atoms with Gasteiger partial charge in [0.25, 0.3) is 0 Å². The Morgan fingerprint density at radius 1 is 1.50 bits per heavy atom. The molecule has 0 aromatic carbocycles. The molecule has 1 N–H and O–H groups in total. The van der Waals surface area contributed by atoms with Gasteiger partial charge in [0.2, 0.25) is 0 Å². The van der Waals surface area contributed by atoms with Crippen LogP contribution in [0.15, 0.2) is 36.6 Å². The van der Waals surface area contributed by atoms with Crippen molar-refractivity contribution in [2.45, 2.75) is 13.8 Å². The van der Waals surface area contributed by atoms with E-state index in [0.717, 1.165) is 0 Å². The van der Waals surface area contributed by atoms with Gasteiger partial charge in [0, 0.05) is 0 Å². The first-order valence-corrected chi connectivity index (χ1v) is 3.36. The van der Waals surface area contributed by atoms with Gasteiger partial charge < -0.3 is 5.11 Å². The van der Waals surface area contributed by atoms with Crippen molar-refractivity contribution in [3.8, 4) is 0 Å². The zero-order chi connectivity index (χ0) is 7.98. The first-order valence-electron chi connectivity index (χ1n) is 3.36. The highest BCUT2D eigenvalue weighted by atomic mass is 16.3. The lowest BCUT2D eigenvalue weighted by Crippen LogP contribution is -1.78. The van der Waals surface area contributed by atoms with Crippen molar-refractivity contribution in [2.24, 2.45) is 5.92 Å². The largest absolute Gasteiger partial charge is 0.508 e. The van der Waals surface area contributed by atoms with E-state index in [2.05, 4.69) is 20.4 Å². The second kappa shape index (κ2) is 4.86. The van der Waals surface area contributed by atoms with E-state index < -0.39 is 0 Å². The summed E-state index contributed by atoms with van der Waals surface area (Å²) in [5.74, 6) is 0.726. The number of allylic oxidation sites excluding steroid dienone is 4. The van der Waals surface area contributed by atoms with E-state index in [-0.39, 0.29) is 5.76 Å². The molecule has 0 radical (unpaired) electrons. The zero-order valence-corrected chi connectivity index (χ0v) is 6.54. The van der Waals surface area contributed by atoms with E-state index in [0.29, 0.717) is 5.92 Å². The number of aliphatic hydroxyl groups is 1. The Balaban J connectivity index is 3.88. The standard InChI is InChI=1S/C9H14O/c1-4-5-9(10)7-6-8(2)3/h4-8,10H,1H2,2-3H3/b7-6-,9-5+. The van der Waals surface area contributed by atoms with Crippen molar-refractivity contribution in [3.05, 3.63) is 36.6 Å². The third-order valence-corrected chi connectivity index (χ3v) is 0.940. The molecule has 1 nitrogen and oxygen atoms in total. The van der Waals surface area contributed by atoms with E-state index in [1.54, 1.807) is 18.2 Å². The molecular weight excluding hydrogens is 124 g/mol. The van der Waals surface area contributed by atoms with Crippen molar-refractivity contribution >= 4 is 0 Å². The van der Waals surface area contributed by atoms with Crippen LogP contribution in [0.5, 0.6) is 0 Å². The summed E-state index contributed by atoms with van der Waals surface area (Å²) < 4.78 is 0. The number of rotatable bonds is 3. The molecule has 0 aliphatic heterocycles. The fourth-order valence-corrected chi connectivity index (χ4v) is 0.467. The van der Waals surface area contributed by atoms with Crippen molar-refractivity contribution in [3.63, 3.8) is 0 Å². The predicted molar refractivity (Wildman–Crippen MR) is 44.9 cm³/mol. The van der Waals surface area contributed by atoms with Crippen molar-refractivity contribution in [1.82, 2.24) is 0 Å². The van der Waals surface area contributed by atoms with Crippen LogP contribution in [0.25, 0.3) is 0 Å². The Kier molecular flexibility index (Phi) is 4.38. The van der Waals surface area contributed by atoms with Gasteiger partial charge in [-0.3, -0.25) is 0 Å². The molecule has 0 heterocycles. The fraction of sp³-hybridized carbons (Fsp3) is 0.333. The van der Waals surface area contributed by atoms with Crippen LogP contribution in [0.1, 0.15) is 13.8 Å². The van der Waals surface area contributed by atoms with E-state index in [9.17, 15) is 0 Å². The molecule has 0 aliphatic rings. The molecule has 0 aromatic heterocycles. The molecule has 56 valence electrons. The normalized spacial score (nSPS) is 12.9. The van der Waals surface area contributed by atoms with Crippen LogP contribution < -0.4 is 0 Å². The van der Waals surface area contributed by atoms with Gasteiger partial charge in [-0.15, -0.1) is 0 Å². The van der Waals surface area contributed by atoms with Crippen molar-refractivity contribution < 1.29 is 5.11 Å². The summed E-state index contributed by atoms with van der Waals surface area (Å²) in [7, 11) is 0. The predicted octanol–water partition coefficient (Wildman–Crippen LogP) is 2.83. The first kappa shape index (κ1) is 9.02. The molecule has 0 spiro atoms. The van der Waals surface area contributed by atoms with Gasteiger partial charge in [0.05, 0.1) is 0 Å². The SMILES string of the molecule is C=C/C=C(O)\C=C/C(C)C. The maximum absolute atomic E-state index is 9.00. The molecule has 0 bridgehead atoms. The lowest BCUT2D eigenvalue weighted by molar-refractivity contribution is 0.432. The van der Waals surface area contributed by atoms with Crippen molar-refractivity contribution in [2.75, 3.05) is 0 Å². The molecule has 0 saturated carbocycles. The highest BCUT2D eigenvalue weighted by Gasteiger charge is 1.84. The Morgan fingerprint density at radius 3 is 2.50 bits per heavy atom. The molecule has 10 heavy (non-hydrogen) atoms. The van der Waals surface area contributed by atoms with Crippen LogP contribution >= 0.6 is 0 Å². The van der Waals surface area contributed by atoms with Crippen LogP contribution in [0.3, 0.4) is 0 Å². The minimum Gasteiger partial charge on any atom is -0.508 e. The molecular formula is C9H14O. The average Bonchev–Trinajstić information content (AvgIpc) is 1.85. The topological polar surface area (TPSA) is 20.2 Å². The Morgan fingerprint density at radius 2 is 2.10 bits per heavy atom. The lowest BCUT2D eigenvalue weighted by Gasteiger charge is -1.92. The molecule has 0 atom stereocenters. The average molecular weight is 138 g/mol. The second-order valence-electron chi connectivity index (χ2n) is 2.43. The lowest BCUT2D eigenvalue weighted by atomic mass is 10.2. The molecule has 0 rings (SSSR count). The minimum absolute atomic E-state index is 0.253. The number of aliphatic hydroxyl groups excluding tert-OH is 1. The van der Waals surface area contributed by atoms with Crippen LogP contribution in [0.4, 0.5) is 0 Å². The van der Waals surface area contributed by atoms with Gasteiger partial charge in [-0.1, -0.05) is 32.6 Å². The smallest absolute Gasteiger partial charge is 0.115 e. The summed E-state index contributed by atoms with van der Waals surface area (Å²) in [5.41, 5.74) is 0. The third kappa shape index (κ3) is 5.16. The van der Waals surface area contributed by atoms with E-state index in [1.807, 2.05) is 6.08 Å². The highest BCUT2D eigenvalue weighted by molar-refractivity contribution is 5.15. The molecule has 1 heteroatoms. The second-order valence-corrected chi connectivity index (χ2v) is 2.43. The van der Waals surface area contributed by atoms with Gasteiger partial charge in [-0.25, -0.2) is 0 Å². The van der Waals surface area contributed by atoms with Gasteiger partial charge >= 0.3 is 0 Å².